The van der Waals surface area contributed by atoms with E-state index < -0.39 is 0 Å². The minimum absolute atomic E-state index is 0.0800. The van der Waals surface area contributed by atoms with Crippen molar-refractivity contribution in [2.24, 2.45) is 0 Å². The summed E-state index contributed by atoms with van der Waals surface area (Å²) in [4.78, 5) is 25.2. The van der Waals surface area contributed by atoms with Crippen molar-refractivity contribution in [2.45, 2.75) is 52.1 Å². The second-order valence-corrected chi connectivity index (χ2v) is 7.15. The smallest absolute Gasteiger partial charge is 0.295 e. The van der Waals surface area contributed by atoms with Gasteiger partial charge in [0.25, 0.3) is 5.56 Å². The number of carbonyl (C=O) groups is 1. The Hall–Kier alpha value is -2.96. The van der Waals surface area contributed by atoms with E-state index in [9.17, 15) is 9.59 Å². The number of carbonyl (C=O) groups excluding carboxylic acids is 1. The normalized spacial score (nSPS) is 14.7. The van der Waals surface area contributed by atoms with Crippen molar-refractivity contribution in [3.8, 4) is 5.69 Å². The van der Waals surface area contributed by atoms with Crippen molar-refractivity contribution in [2.75, 3.05) is 0 Å². The highest BCUT2D eigenvalue weighted by atomic mass is 16.2. The van der Waals surface area contributed by atoms with Gasteiger partial charge in [-0.3, -0.25) is 9.59 Å². The molecule has 0 radical (unpaired) electrons. The Labute approximate surface area is 157 Å². The predicted octanol–water partition coefficient (Wildman–Crippen LogP) is 2.26. The molecule has 1 aliphatic rings. The summed E-state index contributed by atoms with van der Waals surface area (Å²) in [5.74, 6) is -0.172. The number of fused-ring (bicyclic) bond motifs is 1. The molecule has 0 saturated heterocycles. The van der Waals surface area contributed by atoms with Crippen LogP contribution >= 0.6 is 0 Å². The van der Waals surface area contributed by atoms with Crippen LogP contribution in [0.5, 0.6) is 0 Å². The lowest BCUT2D eigenvalue weighted by molar-refractivity contribution is -0.122. The summed E-state index contributed by atoms with van der Waals surface area (Å²) in [6.45, 7) is 3.69. The van der Waals surface area contributed by atoms with Crippen molar-refractivity contribution in [1.29, 1.82) is 0 Å². The Morgan fingerprint density at radius 3 is 2.56 bits per heavy atom. The third kappa shape index (κ3) is 3.25. The van der Waals surface area contributed by atoms with Gasteiger partial charge in [-0.25, -0.2) is 9.36 Å². The highest BCUT2D eigenvalue weighted by Gasteiger charge is 2.20. The molecule has 4 rings (SSSR count). The van der Waals surface area contributed by atoms with E-state index in [4.69, 9.17) is 0 Å². The van der Waals surface area contributed by atoms with E-state index in [2.05, 4.69) is 15.5 Å². The zero-order valence-corrected chi connectivity index (χ0v) is 15.6. The third-order valence-corrected chi connectivity index (χ3v) is 5.20. The summed E-state index contributed by atoms with van der Waals surface area (Å²) >= 11 is 0. The number of nitrogens with zero attached hydrogens (tertiary/aromatic N) is 4. The minimum atomic E-state index is -0.338. The molecule has 3 aromatic rings. The van der Waals surface area contributed by atoms with E-state index >= 15 is 0 Å². The van der Waals surface area contributed by atoms with Gasteiger partial charge in [0.05, 0.1) is 22.5 Å². The Morgan fingerprint density at radius 2 is 1.85 bits per heavy atom. The molecule has 1 N–H and O–H groups in total. The molecule has 7 nitrogen and oxygen atoms in total. The van der Waals surface area contributed by atoms with Gasteiger partial charge in [0.1, 0.15) is 6.54 Å². The van der Waals surface area contributed by atoms with E-state index in [0.717, 1.165) is 42.5 Å². The fourth-order valence-electron chi connectivity index (χ4n) is 3.89. The van der Waals surface area contributed by atoms with Crippen LogP contribution in [0, 0.1) is 13.8 Å². The van der Waals surface area contributed by atoms with E-state index in [1.165, 1.54) is 4.68 Å². The van der Waals surface area contributed by atoms with Crippen LogP contribution in [0.1, 0.15) is 37.1 Å². The number of nitrogens with one attached hydrogen (secondary N) is 1. The van der Waals surface area contributed by atoms with Gasteiger partial charge in [0.15, 0.2) is 5.52 Å². The van der Waals surface area contributed by atoms with E-state index in [0.29, 0.717) is 11.2 Å². The van der Waals surface area contributed by atoms with Crippen LogP contribution < -0.4 is 10.9 Å². The third-order valence-electron chi connectivity index (χ3n) is 5.20. The van der Waals surface area contributed by atoms with Crippen molar-refractivity contribution in [3.05, 3.63) is 52.1 Å². The number of hydrogen-bond donors (Lipinski definition) is 1. The molecule has 2 aromatic heterocycles. The molecule has 27 heavy (non-hydrogen) atoms. The maximum absolute atomic E-state index is 12.9. The summed E-state index contributed by atoms with van der Waals surface area (Å²) in [6.07, 6.45) is 4.30. The molecule has 1 amide bonds. The molecular formula is C20H23N5O2. The SMILES string of the molecule is Cc1nn(CC(=O)NC2CCCC2)c(=O)c2nn(-c3ccccc3)c(C)c12. The van der Waals surface area contributed by atoms with Gasteiger partial charge in [-0.2, -0.15) is 10.2 Å². The number of aromatic nitrogens is 4. The van der Waals surface area contributed by atoms with E-state index in [1.54, 1.807) is 4.68 Å². The monoisotopic (exact) mass is 365 g/mol. The maximum Gasteiger partial charge on any atom is 0.295 e. The lowest BCUT2D eigenvalue weighted by Gasteiger charge is -2.12. The number of benzene rings is 1. The lowest BCUT2D eigenvalue weighted by Crippen LogP contribution is -2.38. The van der Waals surface area contributed by atoms with E-state index in [1.807, 2.05) is 44.2 Å². The quantitative estimate of drug-likeness (QED) is 0.769. The van der Waals surface area contributed by atoms with Crippen LogP contribution in [-0.2, 0) is 11.3 Å². The number of hydrogen-bond acceptors (Lipinski definition) is 4. The summed E-state index contributed by atoms with van der Waals surface area (Å²) in [7, 11) is 0. The lowest BCUT2D eigenvalue weighted by atomic mass is 10.2. The first-order valence-corrected chi connectivity index (χ1v) is 9.36. The molecule has 140 valence electrons. The molecular weight excluding hydrogens is 342 g/mol. The van der Waals surface area contributed by atoms with Crippen molar-refractivity contribution in [3.63, 3.8) is 0 Å². The average Bonchev–Trinajstić information content (AvgIpc) is 3.28. The molecule has 1 aromatic carbocycles. The zero-order valence-electron chi connectivity index (χ0n) is 15.6. The van der Waals surface area contributed by atoms with Gasteiger partial charge < -0.3 is 5.32 Å². The average molecular weight is 365 g/mol. The first-order valence-electron chi connectivity index (χ1n) is 9.36. The Bertz CT molecular complexity index is 1050. The Balaban J connectivity index is 1.70. The summed E-state index contributed by atoms with van der Waals surface area (Å²) in [6, 6.07) is 9.89. The molecule has 0 bridgehead atoms. The fourth-order valence-corrected chi connectivity index (χ4v) is 3.89. The maximum atomic E-state index is 12.9. The number of para-hydroxylation sites is 1. The fraction of sp³-hybridized carbons (Fsp3) is 0.400. The summed E-state index contributed by atoms with van der Waals surface area (Å²) in [5.41, 5.74) is 2.45. The molecule has 1 fully saturated rings. The second kappa shape index (κ2) is 6.98. The molecule has 0 aliphatic heterocycles. The van der Waals surface area contributed by atoms with Gasteiger partial charge in [0.2, 0.25) is 5.91 Å². The first-order chi connectivity index (χ1) is 13.0. The van der Waals surface area contributed by atoms with Gasteiger partial charge >= 0.3 is 0 Å². The standard InChI is InChI=1S/C20H23N5O2/c1-13-18-14(2)25(16-10-4-3-5-11-16)23-19(18)20(27)24(22-13)12-17(26)21-15-8-6-7-9-15/h3-5,10-11,15H,6-9,12H2,1-2H3,(H,21,26). The van der Waals surface area contributed by atoms with Crippen LogP contribution in [0.2, 0.25) is 0 Å². The highest BCUT2D eigenvalue weighted by Crippen LogP contribution is 2.21. The predicted molar refractivity (Wildman–Crippen MR) is 103 cm³/mol. The summed E-state index contributed by atoms with van der Waals surface area (Å²) < 4.78 is 2.98. The van der Waals surface area contributed by atoms with Gasteiger partial charge in [0, 0.05) is 6.04 Å². The molecule has 1 saturated carbocycles. The van der Waals surface area contributed by atoms with Crippen LogP contribution in [0.4, 0.5) is 0 Å². The van der Waals surface area contributed by atoms with Crippen LogP contribution in [-0.4, -0.2) is 31.5 Å². The molecule has 7 heteroatoms. The van der Waals surface area contributed by atoms with Crippen LogP contribution in [0.15, 0.2) is 35.1 Å². The highest BCUT2D eigenvalue weighted by molar-refractivity contribution is 5.83. The largest absolute Gasteiger partial charge is 0.352 e. The zero-order chi connectivity index (χ0) is 19.0. The number of amides is 1. The summed E-state index contributed by atoms with van der Waals surface area (Å²) in [5, 5.41) is 12.6. The van der Waals surface area contributed by atoms with Gasteiger partial charge in [-0.05, 0) is 38.8 Å². The van der Waals surface area contributed by atoms with Crippen LogP contribution in [0.25, 0.3) is 16.6 Å². The Morgan fingerprint density at radius 1 is 1.15 bits per heavy atom. The molecule has 0 atom stereocenters. The van der Waals surface area contributed by atoms with Gasteiger partial charge in [-0.15, -0.1) is 0 Å². The second-order valence-electron chi connectivity index (χ2n) is 7.15. The van der Waals surface area contributed by atoms with Gasteiger partial charge in [-0.1, -0.05) is 31.0 Å². The number of rotatable bonds is 4. The minimum Gasteiger partial charge on any atom is -0.352 e. The van der Waals surface area contributed by atoms with Crippen LogP contribution in [0.3, 0.4) is 0 Å². The molecule has 1 aliphatic carbocycles. The molecule has 2 heterocycles. The van der Waals surface area contributed by atoms with Crippen molar-refractivity contribution in [1.82, 2.24) is 24.9 Å². The van der Waals surface area contributed by atoms with Crippen molar-refractivity contribution >= 4 is 16.8 Å². The topological polar surface area (TPSA) is 81.8 Å². The van der Waals surface area contributed by atoms with E-state index in [-0.39, 0.29) is 24.1 Å². The van der Waals surface area contributed by atoms with Crippen molar-refractivity contribution < 1.29 is 4.79 Å². The molecule has 0 unspecified atom stereocenters. The Kier molecular flexibility index (Phi) is 4.51. The first kappa shape index (κ1) is 17.5. The number of aryl methyl sites for hydroxylation is 2. The molecule has 0 spiro atoms.